The highest BCUT2D eigenvalue weighted by Crippen LogP contribution is 2.49. The molecule has 0 radical (unpaired) electrons. The van der Waals surface area contributed by atoms with Gasteiger partial charge in [-0.3, -0.25) is 4.79 Å². The molecule has 0 aliphatic carbocycles. The Bertz CT molecular complexity index is 267. The highest BCUT2D eigenvalue weighted by Gasteiger charge is 2.51. The van der Waals surface area contributed by atoms with Crippen LogP contribution in [0.15, 0.2) is 0 Å². The zero-order valence-electron chi connectivity index (χ0n) is 12.1. The minimum absolute atomic E-state index is 0.0290. The zero-order valence-corrected chi connectivity index (χ0v) is 12.1. The van der Waals surface area contributed by atoms with Gasteiger partial charge in [-0.15, -0.1) is 0 Å². The van der Waals surface area contributed by atoms with Crippen molar-refractivity contribution in [3.8, 4) is 0 Å². The third kappa shape index (κ3) is 3.21. The van der Waals surface area contributed by atoms with E-state index in [1.807, 2.05) is 13.8 Å². The molecule has 0 aromatic heterocycles. The zero-order chi connectivity index (χ0) is 13.9. The van der Waals surface area contributed by atoms with Crippen molar-refractivity contribution < 1.29 is 15.0 Å². The number of aliphatic hydroxyl groups is 1. The lowest BCUT2D eigenvalue weighted by molar-refractivity contribution is -0.163. The summed E-state index contributed by atoms with van der Waals surface area (Å²) in [4.78, 5) is 11.7. The quantitative estimate of drug-likeness (QED) is 0.722. The second kappa shape index (κ2) is 5.38. The second-order valence-corrected chi connectivity index (χ2v) is 6.40. The van der Waals surface area contributed by atoms with Crippen molar-refractivity contribution in [3.63, 3.8) is 0 Å². The van der Waals surface area contributed by atoms with Crippen LogP contribution in [0.1, 0.15) is 60.8 Å². The molecule has 2 atom stereocenters. The Kier molecular flexibility index (Phi) is 5.20. The van der Waals surface area contributed by atoms with Gasteiger partial charge in [-0.05, 0) is 25.2 Å². The summed E-state index contributed by atoms with van der Waals surface area (Å²) in [6.07, 6.45) is 2.17. The van der Waals surface area contributed by atoms with Crippen molar-refractivity contribution in [2.24, 2.45) is 16.2 Å². The third-order valence-corrected chi connectivity index (χ3v) is 4.72. The Labute approximate surface area is 105 Å². The van der Waals surface area contributed by atoms with Crippen molar-refractivity contribution in [3.05, 3.63) is 0 Å². The SMILES string of the molecule is CCC(C)(C)CC(C)(C(=O)O)C(C)(CC)CO. The fourth-order valence-electron chi connectivity index (χ4n) is 2.31. The molecule has 0 spiro atoms. The first-order valence-corrected chi connectivity index (χ1v) is 6.43. The van der Waals surface area contributed by atoms with E-state index >= 15 is 0 Å². The monoisotopic (exact) mass is 244 g/mol. The second-order valence-electron chi connectivity index (χ2n) is 6.40. The standard InChI is InChI=1S/C14H28O3/c1-7-12(3,4)9-14(6,11(16)17)13(5,8-2)10-15/h15H,7-10H2,1-6H3,(H,16,17). The molecule has 0 saturated carbocycles. The van der Waals surface area contributed by atoms with Crippen molar-refractivity contribution in [1.29, 1.82) is 0 Å². The first kappa shape index (κ1) is 16.4. The van der Waals surface area contributed by atoms with E-state index in [1.54, 1.807) is 6.92 Å². The molecular weight excluding hydrogens is 216 g/mol. The predicted molar refractivity (Wildman–Crippen MR) is 69.9 cm³/mol. The topological polar surface area (TPSA) is 57.5 Å². The van der Waals surface area contributed by atoms with Crippen molar-refractivity contribution in [2.45, 2.75) is 60.8 Å². The largest absolute Gasteiger partial charge is 0.481 e. The van der Waals surface area contributed by atoms with Crippen LogP contribution in [-0.4, -0.2) is 22.8 Å². The van der Waals surface area contributed by atoms with Gasteiger partial charge in [0, 0.05) is 12.0 Å². The summed E-state index contributed by atoms with van der Waals surface area (Å²) < 4.78 is 0. The molecule has 0 rings (SSSR count). The summed E-state index contributed by atoms with van der Waals surface area (Å²) in [5, 5.41) is 19.2. The fourth-order valence-corrected chi connectivity index (χ4v) is 2.31. The highest BCUT2D eigenvalue weighted by molar-refractivity contribution is 5.75. The van der Waals surface area contributed by atoms with Crippen LogP contribution >= 0.6 is 0 Å². The number of hydrogen-bond acceptors (Lipinski definition) is 2. The molecule has 0 aliphatic rings. The van der Waals surface area contributed by atoms with E-state index in [0.29, 0.717) is 12.8 Å². The average Bonchev–Trinajstić information content (AvgIpc) is 2.26. The number of carboxylic acids is 1. The highest BCUT2D eigenvalue weighted by atomic mass is 16.4. The molecule has 0 saturated heterocycles. The van der Waals surface area contributed by atoms with Gasteiger partial charge in [-0.25, -0.2) is 0 Å². The van der Waals surface area contributed by atoms with Crippen LogP contribution in [0.4, 0.5) is 0 Å². The maximum atomic E-state index is 11.7. The van der Waals surface area contributed by atoms with Gasteiger partial charge in [0.1, 0.15) is 0 Å². The molecule has 0 amide bonds. The first-order valence-electron chi connectivity index (χ1n) is 6.43. The first-order chi connectivity index (χ1) is 7.58. The number of rotatable bonds is 7. The number of aliphatic carboxylic acids is 1. The molecule has 102 valence electrons. The van der Waals surface area contributed by atoms with E-state index in [4.69, 9.17) is 0 Å². The summed E-state index contributed by atoms with van der Waals surface area (Å²) in [5.41, 5.74) is -1.50. The smallest absolute Gasteiger partial charge is 0.310 e. The normalized spacial score (nSPS) is 19.5. The number of carboxylic acid groups (broad SMARTS) is 1. The Morgan fingerprint density at radius 3 is 1.76 bits per heavy atom. The van der Waals surface area contributed by atoms with Gasteiger partial charge in [-0.1, -0.05) is 41.0 Å². The fraction of sp³-hybridized carbons (Fsp3) is 0.929. The van der Waals surface area contributed by atoms with Gasteiger partial charge in [0.05, 0.1) is 5.41 Å². The molecule has 3 heteroatoms. The summed E-state index contributed by atoms with van der Waals surface area (Å²) >= 11 is 0. The molecule has 2 N–H and O–H groups in total. The van der Waals surface area contributed by atoms with Crippen molar-refractivity contribution in [2.75, 3.05) is 6.61 Å². The van der Waals surface area contributed by atoms with E-state index in [2.05, 4.69) is 20.8 Å². The van der Waals surface area contributed by atoms with E-state index in [1.165, 1.54) is 0 Å². The van der Waals surface area contributed by atoms with E-state index < -0.39 is 16.8 Å². The Morgan fingerprint density at radius 1 is 1.06 bits per heavy atom. The lowest BCUT2D eigenvalue weighted by Gasteiger charge is -2.45. The van der Waals surface area contributed by atoms with Crippen LogP contribution in [0.2, 0.25) is 0 Å². The number of aliphatic hydroxyl groups excluding tert-OH is 1. The lowest BCUT2D eigenvalue weighted by atomic mass is 9.58. The summed E-state index contributed by atoms with van der Waals surface area (Å²) in [5.74, 6) is -0.808. The maximum absolute atomic E-state index is 11.7. The minimum Gasteiger partial charge on any atom is -0.481 e. The van der Waals surface area contributed by atoms with Crippen LogP contribution < -0.4 is 0 Å². The molecule has 0 aromatic rings. The lowest BCUT2D eigenvalue weighted by Crippen LogP contribution is -2.48. The molecular formula is C14H28O3. The van der Waals surface area contributed by atoms with E-state index in [-0.39, 0.29) is 12.0 Å². The van der Waals surface area contributed by atoms with Crippen LogP contribution in [0.3, 0.4) is 0 Å². The summed E-state index contributed by atoms with van der Waals surface area (Å²) in [6, 6.07) is 0. The summed E-state index contributed by atoms with van der Waals surface area (Å²) in [6.45, 7) is 11.7. The van der Waals surface area contributed by atoms with Crippen molar-refractivity contribution in [1.82, 2.24) is 0 Å². The Balaban J connectivity index is 5.39. The van der Waals surface area contributed by atoms with Gasteiger partial charge in [0.25, 0.3) is 0 Å². The predicted octanol–water partition coefficient (Wildman–Crippen LogP) is 3.31. The Morgan fingerprint density at radius 2 is 1.53 bits per heavy atom. The van der Waals surface area contributed by atoms with Gasteiger partial charge in [0.2, 0.25) is 0 Å². The maximum Gasteiger partial charge on any atom is 0.310 e. The average molecular weight is 244 g/mol. The van der Waals surface area contributed by atoms with Gasteiger partial charge < -0.3 is 10.2 Å². The molecule has 0 aliphatic heterocycles. The molecule has 3 nitrogen and oxygen atoms in total. The van der Waals surface area contributed by atoms with E-state index in [9.17, 15) is 15.0 Å². The van der Waals surface area contributed by atoms with Gasteiger partial charge in [0.15, 0.2) is 0 Å². The molecule has 0 aromatic carbocycles. The molecule has 0 heterocycles. The van der Waals surface area contributed by atoms with Crippen LogP contribution in [-0.2, 0) is 4.79 Å². The van der Waals surface area contributed by atoms with Crippen LogP contribution in [0.25, 0.3) is 0 Å². The van der Waals surface area contributed by atoms with Crippen LogP contribution in [0, 0.1) is 16.2 Å². The molecule has 0 bridgehead atoms. The summed E-state index contributed by atoms with van der Waals surface area (Å²) in [7, 11) is 0. The third-order valence-electron chi connectivity index (χ3n) is 4.72. The van der Waals surface area contributed by atoms with E-state index in [0.717, 1.165) is 6.42 Å². The van der Waals surface area contributed by atoms with Gasteiger partial charge in [-0.2, -0.15) is 0 Å². The van der Waals surface area contributed by atoms with Gasteiger partial charge >= 0.3 is 5.97 Å². The number of hydrogen-bond donors (Lipinski definition) is 2. The molecule has 17 heavy (non-hydrogen) atoms. The Hall–Kier alpha value is -0.570. The van der Waals surface area contributed by atoms with Crippen LogP contribution in [0.5, 0.6) is 0 Å². The molecule has 0 fully saturated rings. The molecule has 2 unspecified atom stereocenters. The minimum atomic E-state index is -0.893. The number of carbonyl (C=O) groups is 1. The van der Waals surface area contributed by atoms with Crippen molar-refractivity contribution >= 4 is 5.97 Å².